The van der Waals surface area contributed by atoms with Gasteiger partial charge in [-0.1, -0.05) is 48.5 Å². The lowest BCUT2D eigenvalue weighted by Crippen LogP contribution is -2.27. The van der Waals surface area contributed by atoms with Crippen molar-refractivity contribution in [3.63, 3.8) is 0 Å². The summed E-state index contributed by atoms with van der Waals surface area (Å²) in [6, 6.07) is 12.2. The van der Waals surface area contributed by atoms with Crippen LogP contribution < -0.4 is 10.9 Å². The normalized spacial score (nSPS) is 13.6. The third-order valence-corrected chi connectivity index (χ3v) is 16.8. The molecule has 0 saturated heterocycles. The van der Waals surface area contributed by atoms with E-state index in [9.17, 15) is 102 Å². The van der Waals surface area contributed by atoms with Crippen LogP contribution in [0.4, 0.5) is 11.4 Å². The zero-order valence-electron chi connectivity index (χ0n) is 34.7. The third-order valence-electron chi connectivity index (χ3n) is 10.7. The Morgan fingerprint density at radius 3 is 1.58 bits per heavy atom. The van der Waals surface area contributed by atoms with Crippen LogP contribution in [0.1, 0.15) is 48.6 Å². The first-order valence-corrected chi connectivity index (χ1v) is 28.0. The Kier molecular flexibility index (Phi) is 13.0. The Bertz CT molecular complexity index is 4130. The van der Waals surface area contributed by atoms with E-state index in [4.69, 9.17) is 0 Å². The van der Waals surface area contributed by atoms with Gasteiger partial charge in [0.05, 0.1) is 48.5 Å². The summed E-state index contributed by atoms with van der Waals surface area (Å²) in [5, 5.41) is 11.2. The molecule has 1 aromatic heterocycles. The topological polar surface area (TPSA) is 439 Å². The van der Waals surface area contributed by atoms with Crippen molar-refractivity contribution in [2.45, 2.75) is 35.8 Å². The molecule has 8 N–H and O–H groups in total. The van der Waals surface area contributed by atoms with E-state index in [2.05, 4.69) is 10.3 Å². The van der Waals surface area contributed by atoms with Crippen molar-refractivity contribution in [3.8, 4) is 11.1 Å². The number of carboxylic acid groups (broad SMARTS) is 1. The van der Waals surface area contributed by atoms with Gasteiger partial charge in [-0.05, 0) is 54.4 Å². The number of H-pyrrole nitrogens is 1. The number of ketones is 3. The minimum absolute atomic E-state index is 0.0721. The fourth-order valence-corrected chi connectivity index (χ4v) is 12.3. The summed E-state index contributed by atoms with van der Waals surface area (Å²) in [6.07, 6.45) is -1.20. The van der Waals surface area contributed by atoms with Gasteiger partial charge in [-0.15, -0.1) is 0 Å². The maximum atomic E-state index is 14.5. The molecule has 372 valence electrons. The molecule has 1 aliphatic rings. The number of hydrogen-bond donors (Lipinski definition) is 8. The summed E-state index contributed by atoms with van der Waals surface area (Å²) in [7, 11) is -32.8. The van der Waals surface area contributed by atoms with Crippen LogP contribution in [0.5, 0.6) is 0 Å². The van der Waals surface area contributed by atoms with E-state index >= 15 is 0 Å². The first-order chi connectivity index (χ1) is 32.6. The van der Waals surface area contributed by atoms with Crippen molar-refractivity contribution in [2.24, 2.45) is 5.92 Å². The number of nitrogens with one attached hydrogen (secondary N) is 2. The molecule has 6 aromatic rings. The molecule has 0 radical (unpaired) electrons. The molecule has 0 spiro atoms. The third kappa shape index (κ3) is 9.92. The maximum absolute atomic E-state index is 14.5. The number of carbonyl (C=O) groups excluding carboxylic acids is 3. The molecule has 0 fully saturated rings. The Morgan fingerprint density at radius 1 is 0.563 bits per heavy atom. The second-order valence-corrected chi connectivity index (χ2v) is 24.3. The molecule has 1 atom stereocenters. The second-order valence-electron chi connectivity index (χ2n) is 15.2. The Balaban J connectivity index is 1.46. The number of aromatic amines is 1. The summed E-state index contributed by atoms with van der Waals surface area (Å²) in [5.74, 6) is -9.64. The predicted molar refractivity (Wildman–Crippen MR) is 241 cm³/mol. The van der Waals surface area contributed by atoms with Crippen LogP contribution in [0.25, 0.3) is 22.0 Å². The fourth-order valence-electron chi connectivity index (χ4n) is 7.63. The highest BCUT2D eigenvalue weighted by atomic mass is 32.2. The molecule has 0 bridgehead atoms. The number of benzene rings is 5. The van der Waals surface area contributed by atoms with Gasteiger partial charge in [-0.25, -0.2) is 8.42 Å². The Labute approximate surface area is 399 Å². The first kappa shape index (κ1) is 51.9. The number of carbonyl (C=O) groups is 4. The molecule has 0 saturated carbocycles. The second kappa shape index (κ2) is 17.7. The molecule has 31 heteroatoms. The van der Waals surface area contributed by atoms with Crippen LogP contribution in [-0.2, 0) is 65.2 Å². The predicted octanol–water partition coefficient (Wildman–Crippen LogP) is 2.70. The highest BCUT2D eigenvalue weighted by Crippen LogP contribution is 2.47. The van der Waals surface area contributed by atoms with Crippen LogP contribution in [-0.4, -0.2) is 112 Å². The van der Waals surface area contributed by atoms with E-state index in [0.717, 1.165) is 42.5 Å². The molecule has 71 heavy (non-hydrogen) atoms. The van der Waals surface area contributed by atoms with E-state index < -0.39 is 192 Å². The standard InChI is InChI=1S/C40H28N2O23S6/c43-36(18-5-3-7-20(13-18)67(51,52)53)25(40(47)48)11-12-66(49,50)22-15-27(69(57,58)59)34(28(16-22)70(60,61)62)41-26-17-29(71(63,64)65)35-32-30(23-9-1-2-10-24(23)38(45)31(26)32)33(39(46)42-35)37(44)19-6-4-8-21(14-19)68(54,55)56/h1-10,13-17,25,41H,11-12H2,(H,42,46)(H,47,48)(H,51,52,53)(H,54,55,56)(H,57,58,59)(H,60,61,62)(H,63,64,65). The number of pyridine rings is 1. The highest BCUT2D eigenvalue weighted by Gasteiger charge is 2.38. The molecule has 1 heterocycles. The Morgan fingerprint density at radius 2 is 1.07 bits per heavy atom. The summed E-state index contributed by atoms with van der Waals surface area (Å²) in [5.41, 5.74) is -9.18. The van der Waals surface area contributed by atoms with Crippen LogP contribution in [0.2, 0.25) is 0 Å². The Hall–Kier alpha value is -6.91. The van der Waals surface area contributed by atoms with E-state index in [1.807, 2.05) is 0 Å². The molecule has 7 rings (SSSR count). The van der Waals surface area contributed by atoms with Gasteiger partial charge in [-0.3, -0.25) is 46.7 Å². The van der Waals surface area contributed by atoms with Crippen LogP contribution in [0, 0.1) is 5.92 Å². The smallest absolute Gasteiger partial charge is 0.314 e. The summed E-state index contributed by atoms with van der Waals surface area (Å²) in [4.78, 5) is 62.3. The van der Waals surface area contributed by atoms with Gasteiger partial charge in [0.25, 0.3) is 56.1 Å². The lowest BCUT2D eigenvalue weighted by atomic mass is 9.80. The van der Waals surface area contributed by atoms with E-state index in [0.29, 0.717) is 18.2 Å². The fraction of sp³-hybridized carbons (Fsp3) is 0.0750. The monoisotopic (exact) mass is 1100 g/mol. The van der Waals surface area contributed by atoms with Gasteiger partial charge in [-0.2, -0.15) is 42.1 Å². The maximum Gasteiger partial charge on any atom is 0.314 e. The lowest BCUT2D eigenvalue weighted by molar-refractivity contribution is -0.140. The SMILES string of the molecule is O=C(c1cccc(S(=O)(=O)O)c1)c1c2c3c(c(Nc4c(S(=O)(=O)O)cc(S(=O)(=O)CCC(C(=O)O)C(=O)c5cccc(S(=O)(=O)O)c5)cc4S(=O)(=O)O)cc(S(=O)(=O)O)c3[nH]c1=O)C(=O)c1ccccc1-2. The molecular formula is C40H28N2O23S6. The zero-order valence-corrected chi connectivity index (χ0v) is 39.6. The van der Waals surface area contributed by atoms with E-state index in [-0.39, 0.29) is 17.7 Å². The number of Topliss-reactive ketones (excluding diaryl/α,β-unsaturated/α-hetero) is 1. The summed E-state index contributed by atoms with van der Waals surface area (Å²) >= 11 is 0. The summed E-state index contributed by atoms with van der Waals surface area (Å²) in [6.45, 7) is 0. The number of hydrogen-bond acceptors (Lipinski definition) is 18. The van der Waals surface area contributed by atoms with E-state index in [1.165, 1.54) is 18.2 Å². The molecule has 1 aliphatic carbocycles. The number of sulfone groups is 1. The van der Waals surface area contributed by atoms with Gasteiger partial charge in [0.1, 0.15) is 20.6 Å². The van der Waals surface area contributed by atoms with Crippen molar-refractivity contribution in [1.82, 2.24) is 4.98 Å². The van der Waals surface area contributed by atoms with Gasteiger partial charge >= 0.3 is 5.97 Å². The minimum atomic E-state index is -5.98. The average molecular weight is 1100 g/mol. The van der Waals surface area contributed by atoms with Crippen LogP contribution in [0.15, 0.2) is 125 Å². The molecule has 25 nitrogen and oxygen atoms in total. The van der Waals surface area contributed by atoms with Crippen LogP contribution in [0.3, 0.4) is 0 Å². The number of anilines is 2. The number of carboxylic acids is 1. The molecule has 0 amide bonds. The molecular weight excluding hydrogens is 1070 g/mol. The van der Waals surface area contributed by atoms with Crippen LogP contribution >= 0.6 is 0 Å². The number of aliphatic carboxylic acids is 1. The largest absolute Gasteiger partial charge is 0.481 e. The van der Waals surface area contributed by atoms with Crippen molar-refractivity contribution in [1.29, 1.82) is 0 Å². The van der Waals surface area contributed by atoms with Gasteiger partial charge in [0, 0.05) is 27.6 Å². The van der Waals surface area contributed by atoms with Gasteiger partial charge < -0.3 is 15.4 Å². The average Bonchev–Trinajstić information content (AvgIpc) is 3.26. The van der Waals surface area contributed by atoms with Crippen molar-refractivity contribution < 1.29 is 97.6 Å². The quantitative estimate of drug-likeness (QED) is 0.0392. The summed E-state index contributed by atoms with van der Waals surface area (Å²) < 4.78 is 204. The minimum Gasteiger partial charge on any atom is -0.481 e. The lowest BCUT2D eigenvalue weighted by Gasteiger charge is -2.26. The van der Waals surface area contributed by atoms with E-state index in [1.54, 1.807) is 0 Å². The van der Waals surface area contributed by atoms with Crippen molar-refractivity contribution in [3.05, 3.63) is 129 Å². The zero-order chi connectivity index (χ0) is 52.7. The number of rotatable bonds is 16. The first-order valence-electron chi connectivity index (χ1n) is 19.1. The highest BCUT2D eigenvalue weighted by molar-refractivity contribution is 7.91. The van der Waals surface area contributed by atoms with Gasteiger partial charge in [0.15, 0.2) is 27.2 Å². The molecule has 1 unspecified atom stereocenters. The van der Waals surface area contributed by atoms with Crippen molar-refractivity contribution >= 4 is 106 Å². The van der Waals surface area contributed by atoms with Gasteiger partial charge in [0.2, 0.25) is 0 Å². The number of fused-ring (bicyclic) bond motifs is 2. The number of aromatic nitrogens is 1. The molecule has 0 aliphatic heterocycles. The molecule has 5 aromatic carbocycles. The van der Waals surface area contributed by atoms with Crippen molar-refractivity contribution in [2.75, 3.05) is 11.1 Å².